The summed E-state index contributed by atoms with van der Waals surface area (Å²) in [7, 11) is 1.69. The van der Waals surface area contributed by atoms with Gasteiger partial charge in [0.25, 0.3) is 0 Å². The molecule has 1 aromatic rings. The van der Waals surface area contributed by atoms with Crippen molar-refractivity contribution in [2.75, 3.05) is 45.4 Å². The summed E-state index contributed by atoms with van der Waals surface area (Å²) >= 11 is 0. The van der Waals surface area contributed by atoms with E-state index in [0.29, 0.717) is 32.3 Å². The molecule has 114 valence electrons. The molecule has 1 N–H and O–H groups in total. The smallest absolute Gasteiger partial charge is 0.156 e. The predicted octanol–water partition coefficient (Wildman–Crippen LogP) is 1.79. The Kier molecular flexibility index (Phi) is 8.86. The molecule has 0 atom stereocenters. The summed E-state index contributed by atoms with van der Waals surface area (Å²) in [6.45, 7) is 7.78. The number of anilines is 1. The standard InChI is InChI=1S/C14H25N3O3/c1-4-15-13-10-12(2)16-14(17-13)11-20-9-8-19-7-5-6-18-3/h10H,4-9,11H2,1-3H3,(H,15,16,17). The van der Waals surface area contributed by atoms with Gasteiger partial charge in [0.1, 0.15) is 12.4 Å². The molecule has 0 amide bonds. The third kappa shape index (κ3) is 7.37. The molecular weight excluding hydrogens is 258 g/mol. The zero-order valence-corrected chi connectivity index (χ0v) is 12.6. The summed E-state index contributed by atoms with van der Waals surface area (Å²) in [5.41, 5.74) is 0.936. The van der Waals surface area contributed by atoms with Gasteiger partial charge in [-0.2, -0.15) is 0 Å². The second kappa shape index (κ2) is 10.5. The highest BCUT2D eigenvalue weighted by molar-refractivity contribution is 5.35. The van der Waals surface area contributed by atoms with Gasteiger partial charge in [-0.3, -0.25) is 0 Å². The van der Waals surface area contributed by atoms with Crippen molar-refractivity contribution in [2.24, 2.45) is 0 Å². The zero-order valence-electron chi connectivity index (χ0n) is 12.6. The molecule has 6 heteroatoms. The van der Waals surface area contributed by atoms with Crippen LogP contribution in [0, 0.1) is 6.92 Å². The van der Waals surface area contributed by atoms with Crippen LogP contribution in [0.3, 0.4) is 0 Å². The van der Waals surface area contributed by atoms with Crippen molar-refractivity contribution >= 4 is 5.82 Å². The monoisotopic (exact) mass is 283 g/mol. The molecule has 0 aromatic carbocycles. The number of hydrogen-bond acceptors (Lipinski definition) is 6. The van der Waals surface area contributed by atoms with Gasteiger partial charge in [0, 0.05) is 38.6 Å². The van der Waals surface area contributed by atoms with Crippen LogP contribution in [0.5, 0.6) is 0 Å². The first-order valence-corrected chi connectivity index (χ1v) is 6.99. The number of aryl methyl sites for hydroxylation is 1. The maximum atomic E-state index is 5.51. The van der Waals surface area contributed by atoms with E-state index >= 15 is 0 Å². The van der Waals surface area contributed by atoms with Crippen molar-refractivity contribution in [1.29, 1.82) is 0 Å². The number of hydrogen-bond donors (Lipinski definition) is 1. The zero-order chi connectivity index (χ0) is 14.6. The maximum absolute atomic E-state index is 5.51. The highest BCUT2D eigenvalue weighted by atomic mass is 16.5. The van der Waals surface area contributed by atoms with Gasteiger partial charge in [0.05, 0.1) is 13.2 Å². The van der Waals surface area contributed by atoms with E-state index in [1.54, 1.807) is 7.11 Å². The number of nitrogens with one attached hydrogen (secondary N) is 1. The van der Waals surface area contributed by atoms with Crippen LogP contribution in [-0.4, -0.2) is 50.1 Å². The molecular formula is C14H25N3O3. The largest absolute Gasteiger partial charge is 0.385 e. The molecule has 0 saturated carbocycles. The fourth-order valence-corrected chi connectivity index (χ4v) is 1.65. The molecule has 0 bridgehead atoms. The summed E-state index contributed by atoms with van der Waals surface area (Å²) in [6, 6.07) is 1.92. The maximum Gasteiger partial charge on any atom is 0.156 e. The lowest BCUT2D eigenvalue weighted by atomic mass is 10.4. The summed E-state index contributed by atoms with van der Waals surface area (Å²) in [5.74, 6) is 1.54. The molecule has 0 radical (unpaired) electrons. The molecule has 0 spiro atoms. The number of nitrogens with zero attached hydrogens (tertiary/aromatic N) is 2. The van der Waals surface area contributed by atoms with Gasteiger partial charge in [0.2, 0.25) is 0 Å². The molecule has 1 aromatic heterocycles. The predicted molar refractivity (Wildman–Crippen MR) is 77.9 cm³/mol. The van der Waals surface area contributed by atoms with Crippen LogP contribution in [0.15, 0.2) is 6.07 Å². The Morgan fingerprint density at radius 1 is 1.10 bits per heavy atom. The molecule has 1 heterocycles. The molecule has 0 aliphatic carbocycles. The molecule has 1 rings (SSSR count). The highest BCUT2D eigenvalue weighted by Gasteiger charge is 2.02. The van der Waals surface area contributed by atoms with Crippen molar-refractivity contribution in [3.05, 3.63) is 17.6 Å². The molecule has 0 unspecified atom stereocenters. The Hall–Kier alpha value is -1.24. The number of aromatic nitrogens is 2. The lowest BCUT2D eigenvalue weighted by molar-refractivity contribution is 0.0317. The summed E-state index contributed by atoms with van der Waals surface area (Å²) in [5, 5.41) is 3.18. The average Bonchev–Trinajstić information content (AvgIpc) is 2.41. The van der Waals surface area contributed by atoms with E-state index in [1.165, 1.54) is 0 Å². The van der Waals surface area contributed by atoms with Gasteiger partial charge in [-0.1, -0.05) is 0 Å². The summed E-state index contributed by atoms with van der Waals surface area (Å²) in [6.07, 6.45) is 0.906. The second-order valence-electron chi connectivity index (χ2n) is 4.35. The second-order valence-corrected chi connectivity index (χ2v) is 4.35. The molecule has 6 nitrogen and oxygen atoms in total. The first-order valence-electron chi connectivity index (χ1n) is 6.99. The number of ether oxygens (including phenoxy) is 3. The third-order valence-electron chi connectivity index (χ3n) is 2.50. The van der Waals surface area contributed by atoms with Gasteiger partial charge in [-0.25, -0.2) is 9.97 Å². The first kappa shape index (κ1) is 16.8. The van der Waals surface area contributed by atoms with E-state index < -0.39 is 0 Å². The minimum Gasteiger partial charge on any atom is -0.385 e. The van der Waals surface area contributed by atoms with Crippen molar-refractivity contribution in [1.82, 2.24) is 9.97 Å². The lowest BCUT2D eigenvalue weighted by Crippen LogP contribution is -2.09. The number of methoxy groups -OCH3 is 1. The van der Waals surface area contributed by atoms with E-state index in [2.05, 4.69) is 15.3 Å². The molecule has 0 fully saturated rings. The van der Waals surface area contributed by atoms with E-state index in [9.17, 15) is 0 Å². The van der Waals surface area contributed by atoms with Crippen molar-refractivity contribution in [3.8, 4) is 0 Å². The van der Waals surface area contributed by atoms with Crippen LogP contribution in [-0.2, 0) is 20.8 Å². The van der Waals surface area contributed by atoms with E-state index in [0.717, 1.165) is 31.1 Å². The Bertz CT molecular complexity index is 375. The van der Waals surface area contributed by atoms with Crippen molar-refractivity contribution in [2.45, 2.75) is 26.9 Å². The topological polar surface area (TPSA) is 65.5 Å². The molecule has 0 aliphatic heterocycles. The molecule has 20 heavy (non-hydrogen) atoms. The van der Waals surface area contributed by atoms with Crippen molar-refractivity contribution in [3.63, 3.8) is 0 Å². The first-order chi connectivity index (χ1) is 9.76. The van der Waals surface area contributed by atoms with Gasteiger partial charge in [-0.15, -0.1) is 0 Å². The third-order valence-corrected chi connectivity index (χ3v) is 2.50. The van der Waals surface area contributed by atoms with Crippen LogP contribution in [0.2, 0.25) is 0 Å². The fraction of sp³-hybridized carbons (Fsp3) is 0.714. The SMILES string of the molecule is CCNc1cc(C)nc(COCCOCCCOC)n1. The quantitative estimate of drug-likeness (QED) is 0.625. The molecule has 0 aliphatic rings. The minimum atomic E-state index is 0.404. The Morgan fingerprint density at radius 3 is 2.65 bits per heavy atom. The van der Waals surface area contributed by atoms with Crippen LogP contribution >= 0.6 is 0 Å². The molecule has 0 saturated heterocycles. The highest BCUT2D eigenvalue weighted by Crippen LogP contribution is 2.06. The van der Waals surface area contributed by atoms with Gasteiger partial charge < -0.3 is 19.5 Å². The van der Waals surface area contributed by atoms with Crippen LogP contribution in [0.25, 0.3) is 0 Å². The number of rotatable bonds is 11. The minimum absolute atomic E-state index is 0.404. The Morgan fingerprint density at radius 2 is 1.90 bits per heavy atom. The van der Waals surface area contributed by atoms with Gasteiger partial charge in [-0.05, 0) is 20.3 Å². The average molecular weight is 283 g/mol. The van der Waals surface area contributed by atoms with Gasteiger partial charge >= 0.3 is 0 Å². The van der Waals surface area contributed by atoms with Gasteiger partial charge in [0.15, 0.2) is 5.82 Å². The van der Waals surface area contributed by atoms with Crippen LogP contribution in [0.4, 0.5) is 5.82 Å². The van der Waals surface area contributed by atoms with E-state index in [-0.39, 0.29) is 0 Å². The van der Waals surface area contributed by atoms with Crippen molar-refractivity contribution < 1.29 is 14.2 Å². The fourth-order valence-electron chi connectivity index (χ4n) is 1.65. The van der Waals surface area contributed by atoms with Crippen LogP contribution < -0.4 is 5.32 Å². The van der Waals surface area contributed by atoms with Crippen LogP contribution in [0.1, 0.15) is 24.9 Å². The lowest BCUT2D eigenvalue weighted by Gasteiger charge is -2.08. The van der Waals surface area contributed by atoms with E-state index in [1.807, 2.05) is 19.9 Å². The van der Waals surface area contributed by atoms with E-state index in [4.69, 9.17) is 14.2 Å². The normalized spacial score (nSPS) is 10.8. The Balaban J connectivity index is 2.18. The summed E-state index contributed by atoms with van der Waals surface area (Å²) in [4.78, 5) is 8.72. The summed E-state index contributed by atoms with van der Waals surface area (Å²) < 4.78 is 15.8. The Labute approximate surface area is 120 Å².